The van der Waals surface area contributed by atoms with Gasteiger partial charge in [0.2, 0.25) is 0 Å². The second kappa shape index (κ2) is 5.00. The van der Waals surface area contributed by atoms with Crippen molar-refractivity contribution in [2.75, 3.05) is 13.1 Å². The van der Waals surface area contributed by atoms with Crippen molar-refractivity contribution in [2.24, 2.45) is 0 Å². The lowest BCUT2D eigenvalue weighted by molar-refractivity contribution is 0.459. The van der Waals surface area contributed by atoms with Crippen LogP contribution in [0.1, 0.15) is 23.8 Å². The Bertz CT molecular complexity index is 724. The lowest BCUT2D eigenvalue weighted by Gasteiger charge is -2.20. The Hall–Kier alpha value is -1.72. The minimum Gasteiger partial charge on any atom is -0.345 e. The number of nitrogens with one attached hydrogen (secondary N) is 2. The van der Waals surface area contributed by atoms with Crippen LogP contribution < -0.4 is 5.32 Å². The zero-order valence-corrected chi connectivity index (χ0v) is 11.9. The smallest absolute Gasteiger partial charge is 0.137 e. The first-order valence-electron chi connectivity index (χ1n) is 7.00. The predicted molar refractivity (Wildman–Crippen MR) is 82.0 cm³/mol. The second-order valence-corrected chi connectivity index (χ2v) is 6.09. The average Bonchev–Trinajstić information content (AvgIpc) is 3.14. The molecule has 1 aliphatic heterocycles. The van der Waals surface area contributed by atoms with Crippen LogP contribution in [-0.2, 0) is 0 Å². The van der Waals surface area contributed by atoms with Crippen LogP contribution in [-0.4, -0.2) is 28.0 Å². The van der Waals surface area contributed by atoms with Gasteiger partial charge in [0.1, 0.15) is 5.65 Å². The Morgan fingerprint density at radius 2 is 2.15 bits per heavy atom. The first-order valence-corrected chi connectivity index (χ1v) is 7.88. The standard InChI is InChI=1S/C15H16N4S/c1-2-11-12(8-18-14(11)17-5-1)13-9-20-15(19-13)10-3-6-16-7-4-10/h1-2,5,8-10,16H,3-4,6-7H2,(H,17,18). The molecule has 0 atom stereocenters. The Balaban J connectivity index is 1.70. The molecule has 4 heterocycles. The number of pyridine rings is 1. The summed E-state index contributed by atoms with van der Waals surface area (Å²) in [4.78, 5) is 12.4. The summed E-state index contributed by atoms with van der Waals surface area (Å²) in [5.41, 5.74) is 3.16. The molecule has 0 spiro atoms. The molecule has 2 N–H and O–H groups in total. The number of fused-ring (bicyclic) bond motifs is 1. The highest BCUT2D eigenvalue weighted by molar-refractivity contribution is 7.10. The van der Waals surface area contributed by atoms with E-state index in [2.05, 4.69) is 26.7 Å². The molecule has 102 valence electrons. The lowest BCUT2D eigenvalue weighted by atomic mass is 9.99. The lowest BCUT2D eigenvalue weighted by Crippen LogP contribution is -2.26. The maximum atomic E-state index is 4.87. The number of piperidine rings is 1. The summed E-state index contributed by atoms with van der Waals surface area (Å²) in [7, 11) is 0. The van der Waals surface area contributed by atoms with Crippen LogP contribution in [0, 0.1) is 0 Å². The monoisotopic (exact) mass is 284 g/mol. The topological polar surface area (TPSA) is 53.6 Å². The zero-order valence-electron chi connectivity index (χ0n) is 11.1. The Morgan fingerprint density at radius 1 is 1.25 bits per heavy atom. The van der Waals surface area contributed by atoms with Crippen molar-refractivity contribution in [3.05, 3.63) is 34.9 Å². The third kappa shape index (κ3) is 2.03. The molecule has 3 aromatic rings. The number of aromatic nitrogens is 3. The molecule has 1 fully saturated rings. The van der Waals surface area contributed by atoms with Crippen LogP contribution in [0.3, 0.4) is 0 Å². The van der Waals surface area contributed by atoms with Crippen LogP contribution in [0.2, 0.25) is 0 Å². The van der Waals surface area contributed by atoms with Crippen molar-refractivity contribution in [1.29, 1.82) is 0 Å². The van der Waals surface area contributed by atoms with E-state index in [1.54, 1.807) is 11.3 Å². The van der Waals surface area contributed by atoms with Gasteiger partial charge in [0.25, 0.3) is 0 Å². The minimum atomic E-state index is 0.623. The van der Waals surface area contributed by atoms with Gasteiger partial charge >= 0.3 is 0 Å². The van der Waals surface area contributed by atoms with Gasteiger partial charge < -0.3 is 10.3 Å². The van der Waals surface area contributed by atoms with Gasteiger partial charge in [-0.1, -0.05) is 0 Å². The molecule has 0 aliphatic carbocycles. The van der Waals surface area contributed by atoms with Crippen molar-refractivity contribution >= 4 is 22.4 Å². The molecule has 0 radical (unpaired) electrons. The summed E-state index contributed by atoms with van der Waals surface area (Å²) in [6.07, 6.45) is 6.22. The highest BCUT2D eigenvalue weighted by Crippen LogP contribution is 2.33. The number of aromatic amines is 1. The second-order valence-electron chi connectivity index (χ2n) is 5.20. The molecule has 4 nitrogen and oxygen atoms in total. The maximum absolute atomic E-state index is 4.87. The Labute approximate surface area is 121 Å². The van der Waals surface area contributed by atoms with Gasteiger partial charge in [0.05, 0.1) is 10.7 Å². The van der Waals surface area contributed by atoms with E-state index < -0.39 is 0 Å². The zero-order chi connectivity index (χ0) is 13.4. The first kappa shape index (κ1) is 12.1. The summed E-state index contributed by atoms with van der Waals surface area (Å²) in [5, 5.41) is 8.01. The number of rotatable bonds is 2. The highest BCUT2D eigenvalue weighted by atomic mass is 32.1. The van der Waals surface area contributed by atoms with E-state index in [0.717, 1.165) is 35.4 Å². The normalized spacial score (nSPS) is 16.8. The molecule has 0 amide bonds. The van der Waals surface area contributed by atoms with E-state index in [9.17, 15) is 0 Å². The quantitative estimate of drug-likeness (QED) is 0.760. The van der Waals surface area contributed by atoms with Crippen molar-refractivity contribution in [3.8, 4) is 11.3 Å². The molecule has 5 heteroatoms. The average molecular weight is 284 g/mol. The molecule has 3 aromatic heterocycles. The van der Waals surface area contributed by atoms with E-state index in [-0.39, 0.29) is 0 Å². The van der Waals surface area contributed by atoms with Crippen LogP contribution in [0.15, 0.2) is 29.9 Å². The summed E-state index contributed by atoms with van der Waals surface area (Å²) in [6, 6.07) is 4.07. The molecule has 0 aromatic carbocycles. The van der Waals surface area contributed by atoms with Crippen LogP contribution in [0.5, 0.6) is 0 Å². The van der Waals surface area contributed by atoms with Gasteiger partial charge in [-0.3, -0.25) is 0 Å². The minimum absolute atomic E-state index is 0.623. The van der Waals surface area contributed by atoms with Gasteiger partial charge in [-0.2, -0.15) is 0 Å². The van der Waals surface area contributed by atoms with Crippen molar-refractivity contribution in [3.63, 3.8) is 0 Å². The largest absolute Gasteiger partial charge is 0.345 e. The van der Waals surface area contributed by atoms with E-state index in [1.807, 2.05) is 18.5 Å². The molecular formula is C15H16N4S. The fourth-order valence-electron chi connectivity index (χ4n) is 2.84. The summed E-state index contributed by atoms with van der Waals surface area (Å²) in [6.45, 7) is 2.22. The molecule has 1 aliphatic rings. The van der Waals surface area contributed by atoms with Gasteiger partial charge in [-0.05, 0) is 38.1 Å². The fraction of sp³-hybridized carbons (Fsp3) is 0.333. The highest BCUT2D eigenvalue weighted by Gasteiger charge is 2.19. The molecule has 0 unspecified atom stereocenters. The van der Waals surface area contributed by atoms with E-state index >= 15 is 0 Å². The molecule has 0 bridgehead atoms. The third-order valence-corrected chi connectivity index (χ3v) is 4.94. The number of hydrogen-bond acceptors (Lipinski definition) is 4. The van der Waals surface area contributed by atoms with E-state index in [4.69, 9.17) is 4.98 Å². The van der Waals surface area contributed by atoms with Crippen LogP contribution in [0.4, 0.5) is 0 Å². The summed E-state index contributed by atoms with van der Waals surface area (Å²) >= 11 is 1.79. The number of hydrogen-bond donors (Lipinski definition) is 2. The first-order chi connectivity index (χ1) is 9.92. The number of nitrogens with zero attached hydrogens (tertiary/aromatic N) is 2. The van der Waals surface area contributed by atoms with Crippen LogP contribution in [0.25, 0.3) is 22.3 Å². The third-order valence-electron chi connectivity index (χ3n) is 3.94. The van der Waals surface area contributed by atoms with Gasteiger partial charge in [0, 0.05) is 34.6 Å². The Morgan fingerprint density at radius 3 is 3.05 bits per heavy atom. The fourth-order valence-corrected chi connectivity index (χ4v) is 3.83. The van der Waals surface area contributed by atoms with E-state index in [0.29, 0.717) is 5.92 Å². The van der Waals surface area contributed by atoms with Gasteiger partial charge in [-0.15, -0.1) is 11.3 Å². The maximum Gasteiger partial charge on any atom is 0.137 e. The molecule has 0 saturated carbocycles. The predicted octanol–water partition coefficient (Wildman–Crippen LogP) is 3.15. The van der Waals surface area contributed by atoms with Crippen LogP contribution >= 0.6 is 11.3 Å². The van der Waals surface area contributed by atoms with Crippen molar-refractivity contribution < 1.29 is 0 Å². The van der Waals surface area contributed by atoms with Crippen molar-refractivity contribution in [2.45, 2.75) is 18.8 Å². The van der Waals surface area contributed by atoms with E-state index in [1.165, 1.54) is 17.8 Å². The summed E-state index contributed by atoms with van der Waals surface area (Å²) in [5.74, 6) is 0.623. The van der Waals surface area contributed by atoms with Crippen molar-refractivity contribution in [1.82, 2.24) is 20.3 Å². The molecular weight excluding hydrogens is 268 g/mol. The number of thiazole rings is 1. The van der Waals surface area contributed by atoms with Gasteiger partial charge in [0.15, 0.2) is 0 Å². The Kier molecular flexibility index (Phi) is 3.01. The molecule has 1 saturated heterocycles. The van der Waals surface area contributed by atoms with Gasteiger partial charge in [-0.25, -0.2) is 9.97 Å². The molecule has 4 rings (SSSR count). The SMILES string of the molecule is c1cnc2[nH]cc(-c3csc(C4CCNCC4)n3)c2c1. The number of H-pyrrole nitrogens is 1. The summed E-state index contributed by atoms with van der Waals surface area (Å²) < 4.78 is 0. The molecule has 20 heavy (non-hydrogen) atoms.